The average Bonchev–Trinajstić information content (AvgIpc) is 2.58. The lowest BCUT2D eigenvalue weighted by atomic mass is 10.1. The molecular weight excluding hydrogens is 345 g/mol. The van der Waals surface area contributed by atoms with Crippen LogP contribution in [-0.2, 0) is 0 Å². The fourth-order valence-corrected chi connectivity index (χ4v) is 3.22. The van der Waals surface area contributed by atoms with Gasteiger partial charge in [0.15, 0.2) is 0 Å². The molecule has 0 spiro atoms. The molecule has 0 aliphatic carbocycles. The predicted molar refractivity (Wildman–Crippen MR) is 99.7 cm³/mol. The highest BCUT2D eigenvalue weighted by molar-refractivity contribution is 6.36. The molecule has 1 amide bonds. The second kappa shape index (κ2) is 7.43. The lowest BCUT2D eigenvalue weighted by Crippen LogP contribution is -3.12. The van der Waals surface area contributed by atoms with E-state index in [1.54, 1.807) is 18.2 Å². The van der Waals surface area contributed by atoms with Crippen LogP contribution >= 0.6 is 23.2 Å². The summed E-state index contributed by atoms with van der Waals surface area (Å²) in [5.41, 5.74) is 2.20. The van der Waals surface area contributed by atoms with Crippen molar-refractivity contribution in [3.63, 3.8) is 0 Å². The summed E-state index contributed by atoms with van der Waals surface area (Å²) < 4.78 is 0. The van der Waals surface area contributed by atoms with Crippen LogP contribution in [0.15, 0.2) is 42.5 Å². The maximum Gasteiger partial charge on any atom is 0.257 e. The third-order valence-electron chi connectivity index (χ3n) is 4.28. The van der Waals surface area contributed by atoms with E-state index >= 15 is 0 Å². The van der Waals surface area contributed by atoms with Crippen molar-refractivity contribution in [1.82, 2.24) is 0 Å². The molecule has 0 unspecified atom stereocenters. The Morgan fingerprint density at radius 1 is 1.12 bits per heavy atom. The smallest absolute Gasteiger partial charge is 0.257 e. The molecule has 0 aromatic heterocycles. The number of benzene rings is 2. The fraction of sp³-hybridized carbons (Fsp3) is 0.278. The van der Waals surface area contributed by atoms with E-state index in [0.717, 1.165) is 37.6 Å². The fourth-order valence-electron chi connectivity index (χ4n) is 2.85. The van der Waals surface area contributed by atoms with Gasteiger partial charge in [-0.25, -0.2) is 0 Å². The molecule has 126 valence electrons. The largest absolute Gasteiger partial charge is 0.359 e. The first kappa shape index (κ1) is 17.1. The van der Waals surface area contributed by atoms with Gasteiger partial charge in [0.05, 0.1) is 55.2 Å². The van der Waals surface area contributed by atoms with E-state index in [-0.39, 0.29) is 5.91 Å². The molecule has 2 aromatic carbocycles. The van der Waals surface area contributed by atoms with Crippen LogP contribution in [0.4, 0.5) is 11.4 Å². The SMILES string of the molecule is C[NH+]1CCN(c2ccccc2NC(=O)c2cc(Cl)ccc2Cl)CC1. The number of amides is 1. The third kappa shape index (κ3) is 3.83. The monoisotopic (exact) mass is 364 g/mol. The number of rotatable bonds is 3. The van der Waals surface area contributed by atoms with Crippen LogP contribution in [0.5, 0.6) is 0 Å². The zero-order valence-corrected chi connectivity index (χ0v) is 15.0. The van der Waals surface area contributed by atoms with E-state index in [0.29, 0.717) is 15.6 Å². The van der Waals surface area contributed by atoms with Gasteiger partial charge in [0, 0.05) is 5.02 Å². The van der Waals surface area contributed by atoms with Crippen LogP contribution in [0.1, 0.15) is 10.4 Å². The maximum atomic E-state index is 12.6. The van der Waals surface area contributed by atoms with Crippen LogP contribution in [-0.4, -0.2) is 39.1 Å². The summed E-state index contributed by atoms with van der Waals surface area (Å²) in [6.45, 7) is 4.11. The number of quaternary nitrogens is 1. The molecule has 3 rings (SSSR count). The van der Waals surface area contributed by atoms with Crippen molar-refractivity contribution in [3.8, 4) is 0 Å². The van der Waals surface area contributed by atoms with Crippen molar-refractivity contribution in [3.05, 3.63) is 58.1 Å². The summed E-state index contributed by atoms with van der Waals surface area (Å²) in [5.74, 6) is -0.255. The van der Waals surface area contributed by atoms with Crippen molar-refractivity contribution in [2.75, 3.05) is 43.4 Å². The first-order chi connectivity index (χ1) is 11.5. The van der Waals surface area contributed by atoms with Crippen LogP contribution in [0.3, 0.4) is 0 Å². The molecule has 0 bridgehead atoms. The molecule has 1 heterocycles. The topological polar surface area (TPSA) is 36.8 Å². The number of likely N-dealkylation sites (N-methyl/N-ethyl adjacent to an activating group) is 1. The minimum absolute atomic E-state index is 0.255. The summed E-state index contributed by atoms with van der Waals surface area (Å²) >= 11 is 12.1. The number of hydrogen-bond acceptors (Lipinski definition) is 2. The summed E-state index contributed by atoms with van der Waals surface area (Å²) in [5, 5.41) is 3.85. The van der Waals surface area contributed by atoms with Gasteiger partial charge < -0.3 is 15.1 Å². The number of nitrogens with one attached hydrogen (secondary N) is 2. The highest BCUT2D eigenvalue weighted by Gasteiger charge is 2.20. The summed E-state index contributed by atoms with van der Waals surface area (Å²) in [7, 11) is 2.20. The van der Waals surface area contributed by atoms with E-state index < -0.39 is 0 Å². The van der Waals surface area contributed by atoms with Gasteiger partial charge in [0.1, 0.15) is 0 Å². The van der Waals surface area contributed by atoms with Gasteiger partial charge in [-0.1, -0.05) is 35.3 Å². The molecule has 4 nitrogen and oxygen atoms in total. The van der Waals surface area contributed by atoms with Gasteiger partial charge in [0.2, 0.25) is 0 Å². The molecule has 1 saturated heterocycles. The number of halogens is 2. The molecule has 1 fully saturated rings. The van der Waals surface area contributed by atoms with Crippen molar-refractivity contribution < 1.29 is 9.69 Å². The molecule has 2 N–H and O–H groups in total. The van der Waals surface area contributed by atoms with E-state index in [9.17, 15) is 4.79 Å². The molecule has 24 heavy (non-hydrogen) atoms. The van der Waals surface area contributed by atoms with E-state index in [1.165, 1.54) is 4.90 Å². The van der Waals surface area contributed by atoms with Crippen molar-refractivity contribution in [2.45, 2.75) is 0 Å². The standard InChI is InChI=1S/C18H19Cl2N3O/c1-22-8-10-23(11-9-22)17-5-3-2-4-16(17)21-18(24)14-12-13(19)6-7-15(14)20/h2-7,12H,8-11H2,1H3,(H,21,24)/p+1. The molecule has 0 atom stereocenters. The Morgan fingerprint density at radius 3 is 2.58 bits per heavy atom. The van der Waals surface area contributed by atoms with Crippen LogP contribution in [0, 0.1) is 0 Å². The van der Waals surface area contributed by atoms with Crippen LogP contribution in [0.25, 0.3) is 0 Å². The highest BCUT2D eigenvalue weighted by Crippen LogP contribution is 2.27. The van der Waals surface area contributed by atoms with Gasteiger partial charge in [-0.15, -0.1) is 0 Å². The van der Waals surface area contributed by atoms with Gasteiger partial charge in [-0.05, 0) is 30.3 Å². The normalized spacial score (nSPS) is 15.4. The first-order valence-electron chi connectivity index (χ1n) is 7.96. The van der Waals surface area contributed by atoms with Crippen LogP contribution < -0.4 is 15.1 Å². The number of piperazine rings is 1. The minimum atomic E-state index is -0.255. The number of anilines is 2. The molecule has 2 aromatic rings. The molecule has 0 saturated carbocycles. The van der Waals surface area contributed by atoms with E-state index in [2.05, 4.69) is 17.3 Å². The number of carbonyl (C=O) groups excluding carboxylic acids is 1. The zero-order chi connectivity index (χ0) is 17.1. The lowest BCUT2D eigenvalue weighted by molar-refractivity contribution is -0.880. The second-order valence-corrected chi connectivity index (χ2v) is 6.88. The molecular formula is C18H20Cl2N3O+. The van der Waals surface area contributed by atoms with E-state index in [4.69, 9.17) is 23.2 Å². The molecule has 1 aliphatic rings. The third-order valence-corrected chi connectivity index (χ3v) is 4.85. The van der Waals surface area contributed by atoms with Gasteiger partial charge in [0.25, 0.3) is 5.91 Å². The molecule has 1 aliphatic heterocycles. The van der Waals surface area contributed by atoms with E-state index in [1.807, 2.05) is 24.3 Å². The van der Waals surface area contributed by atoms with Crippen molar-refractivity contribution in [1.29, 1.82) is 0 Å². The van der Waals surface area contributed by atoms with Crippen molar-refractivity contribution in [2.24, 2.45) is 0 Å². The van der Waals surface area contributed by atoms with Crippen LogP contribution in [0.2, 0.25) is 10.0 Å². The average molecular weight is 365 g/mol. The summed E-state index contributed by atoms with van der Waals surface area (Å²) in [4.78, 5) is 16.4. The predicted octanol–water partition coefficient (Wildman–Crippen LogP) is 2.58. The zero-order valence-electron chi connectivity index (χ0n) is 13.5. The maximum absolute atomic E-state index is 12.6. The Labute approximate surface area is 152 Å². The van der Waals surface area contributed by atoms with Gasteiger partial charge >= 0.3 is 0 Å². The lowest BCUT2D eigenvalue weighted by Gasteiger charge is -2.33. The molecule has 0 radical (unpaired) electrons. The number of carbonyl (C=O) groups is 1. The van der Waals surface area contributed by atoms with Crippen molar-refractivity contribution >= 4 is 40.5 Å². The summed E-state index contributed by atoms with van der Waals surface area (Å²) in [6.07, 6.45) is 0. The quantitative estimate of drug-likeness (QED) is 0.877. The Morgan fingerprint density at radius 2 is 1.83 bits per heavy atom. The molecule has 6 heteroatoms. The summed E-state index contributed by atoms with van der Waals surface area (Å²) in [6, 6.07) is 12.7. The highest BCUT2D eigenvalue weighted by atomic mass is 35.5. The number of nitrogens with zero attached hydrogens (tertiary/aromatic N) is 1. The van der Waals surface area contributed by atoms with Gasteiger partial charge in [-0.3, -0.25) is 4.79 Å². The van der Waals surface area contributed by atoms with Gasteiger partial charge in [-0.2, -0.15) is 0 Å². The Bertz CT molecular complexity index is 743. The minimum Gasteiger partial charge on any atom is -0.359 e. The Hall–Kier alpha value is -1.75. The second-order valence-electron chi connectivity index (χ2n) is 6.04. The Balaban J connectivity index is 1.82. The Kier molecular flexibility index (Phi) is 5.29. The first-order valence-corrected chi connectivity index (χ1v) is 8.72. The number of para-hydroxylation sites is 2. The number of hydrogen-bond donors (Lipinski definition) is 2.